The molecule has 2 N–H and O–H groups in total. The van der Waals surface area contributed by atoms with Gasteiger partial charge in [-0.15, -0.1) is 0 Å². The number of carbonyl (C=O) groups is 1. The van der Waals surface area contributed by atoms with E-state index in [2.05, 4.69) is 10.0 Å². The van der Waals surface area contributed by atoms with E-state index in [1.165, 1.54) is 32.4 Å². The van der Waals surface area contributed by atoms with E-state index < -0.39 is 10.0 Å². The van der Waals surface area contributed by atoms with E-state index in [1.54, 1.807) is 24.3 Å². The number of benzene rings is 3. The number of hydrogen-bond acceptors (Lipinski definition) is 5. The third-order valence-corrected chi connectivity index (χ3v) is 6.01. The molecule has 0 saturated carbocycles. The van der Waals surface area contributed by atoms with E-state index in [0.29, 0.717) is 22.7 Å². The van der Waals surface area contributed by atoms with Gasteiger partial charge in [-0.05, 0) is 61.9 Å². The Balaban J connectivity index is 1.92. The van der Waals surface area contributed by atoms with Gasteiger partial charge in [0.1, 0.15) is 11.5 Å². The van der Waals surface area contributed by atoms with Crippen molar-refractivity contribution in [2.45, 2.75) is 18.7 Å². The van der Waals surface area contributed by atoms with Crippen molar-refractivity contribution in [3.05, 3.63) is 77.4 Å². The van der Waals surface area contributed by atoms with Crippen molar-refractivity contribution in [2.75, 3.05) is 24.3 Å². The summed E-state index contributed by atoms with van der Waals surface area (Å²) in [6, 6.07) is 16.5. The van der Waals surface area contributed by atoms with Crippen LogP contribution in [-0.4, -0.2) is 28.5 Å². The molecule has 0 unspecified atom stereocenters. The van der Waals surface area contributed by atoms with Crippen LogP contribution in [0.1, 0.15) is 21.5 Å². The summed E-state index contributed by atoms with van der Waals surface area (Å²) in [7, 11) is -1.04. The molecular formula is C23H24N2O5S. The monoisotopic (exact) mass is 440 g/mol. The van der Waals surface area contributed by atoms with Crippen molar-refractivity contribution in [1.82, 2.24) is 0 Å². The second-order valence-electron chi connectivity index (χ2n) is 6.99. The number of sulfonamides is 1. The summed E-state index contributed by atoms with van der Waals surface area (Å²) in [4.78, 5) is 12.6. The Kier molecular flexibility index (Phi) is 6.50. The van der Waals surface area contributed by atoms with Gasteiger partial charge in [0.25, 0.3) is 15.9 Å². The van der Waals surface area contributed by atoms with Crippen LogP contribution in [0.5, 0.6) is 11.5 Å². The molecule has 0 heterocycles. The molecule has 7 nitrogen and oxygen atoms in total. The number of carbonyl (C=O) groups excluding carboxylic acids is 1. The lowest BCUT2D eigenvalue weighted by molar-refractivity contribution is 0.102. The van der Waals surface area contributed by atoms with Gasteiger partial charge in [-0.2, -0.15) is 0 Å². The van der Waals surface area contributed by atoms with E-state index >= 15 is 0 Å². The van der Waals surface area contributed by atoms with E-state index in [-0.39, 0.29) is 16.5 Å². The minimum atomic E-state index is -3.95. The highest BCUT2D eigenvalue weighted by Crippen LogP contribution is 2.31. The maximum Gasteiger partial charge on any atom is 0.262 e. The highest BCUT2D eigenvalue weighted by atomic mass is 32.2. The van der Waals surface area contributed by atoms with Gasteiger partial charge in [-0.25, -0.2) is 8.42 Å². The normalized spacial score (nSPS) is 11.0. The van der Waals surface area contributed by atoms with Crippen LogP contribution in [0.25, 0.3) is 0 Å². The van der Waals surface area contributed by atoms with E-state index in [4.69, 9.17) is 9.47 Å². The SMILES string of the molecule is COc1ccc(S(=O)(=O)Nc2cc(C)ccc2OC)cc1NC(=O)c1ccc(C)cc1. The number of amides is 1. The summed E-state index contributed by atoms with van der Waals surface area (Å²) in [6.45, 7) is 3.78. The minimum Gasteiger partial charge on any atom is -0.495 e. The number of nitrogens with one attached hydrogen (secondary N) is 2. The molecule has 162 valence electrons. The van der Waals surface area contributed by atoms with Crippen LogP contribution in [0.15, 0.2) is 65.6 Å². The Morgan fingerprint density at radius 1 is 0.774 bits per heavy atom. The Hall–Kier alpha value is -3.52. The summed E-state index contributed by atoms with van der Waals surface area (Å²) in [6.07, 6.45) is 0. The zero-order valence-corrected chi connectivity index (χ0v) is 18.5. The summed E-state index contributed by atoms with van der Waals surface area (Å²) in [5, 5.41) is 2.72. The Morgan fingerprint density at radius 2 is 1.35 bits per heavy atom. The largest absolute Gasteiger partial charge is 0.495 e. The number of anilines is 2. The molecule has 0 aliphatic heterocycles. The third kappa shape index (κ3) is 5.16. The van der Waals surface area contributed by atoms with Crippen molar-refractivity contribution < 1.29 is 22.7 Å². The van der Waals surface area contributed by atoms with Crippen LogP contribution >= 0.6 is 0 Å². The highest BCUT2D eigenvalue weighted by Gasteiger charge is 2.20. The van der Waals surface area contributed by atoms with Crippen molar-refractivity contribution in [1.29, 1.82) is 0 Å². The number of ether oxygens (including phenoxy) is 2. The van der Waals surface area contributed by atoms with Crippen molar-refractivity contribution in [3.63, 3.8) is 0 Å². The summed E-state index contributed by atoms with van der Waals surface area (Å²) in [5.74, 6) is 0.365. The molecule has 0 atom stereocenters. The molecule has 0 fully saturated rings. The number of hydrogen-bond donors (Lipinski definition) is 2. The second-order valence-corrected chi connectivity index (χ2v) is 8.67. The smallest absolute Gasteiger partial charge is 0.262 e. The van der Waals surface area contributed by atoms with Gasteiger partial charge in [0.2, 0.25) is 0 Å². The maximum atomic E-state index is 13.0. The number of methoxy groups -OCH3 is 2. The molecule has 3 aromatic carbocycles. The van der Waals surface area contributed by atoms with Gasteiger partial charge in [0, 0.05) is 5.56 Å². The molecule has 0 saturated heterocycles. The van der Waals surface area contributed by atoms with Gasteiger partial charge >= 0.3 is 0 Å². The van der Waals surface area contributed by atoms with Gasteiger partial charge < -0.3 is 14.8 Å². The van der Waals surface area contributed by atoms with Gasteiger partial charge in [0.05, 0.1) is 30.5 Å². The summed E-state index contributed by atoms with van der Waals surface area (Å²) >= 11 is 0. The summed E-state index contributed by atoms with van der Waals surface area (Å²) in [5.41, 5.74) is 2.92. The zero-order valence-electron chi connectivity index (χ0n) is 17.7. The van der Waals surface area contributed by atoms with Crippen LogP contribution in [-0.2, 0) is 10.0 Å². The van der Waals surface area contributed by atoms with Crippen LogP contribution in [0, 0.1) is 13.8 Å². The zero-order chi connectivity index (χ0) is 22.6. The molecule has 3 aromatic rings. The molecule has 0 spiro atoms. The molecule has 0 bridgehead atoms. The van der Waals surface area contributed by atoms with Crippen molar-refractivity contribution in [3.8, 4) is 11.5 Å². The lowest BCUT2D eigenvalue weighted by atomic mass is 10.1. The molecular weight excluding hydrogens is 416 g/mol. The Labute approximate surface area is 182 Å². The minimum absolute atomic E-state index is 0.0314. The fraction of sp³-hybridized carbons (Fsp3) is 0.174. The van der Waals surface area contributed by atoms with E-state index in [1.807, 2.05) is 32.0 Å². The predicted molar refractivity (Wildman–Crippen MR) is 121 cm³/mol. The molecule has 0 radical (unpaired) electrons. The van der Waals surface area contributed by atoms with Crippen LogP contribution in [0.4, 0.5) is 11.4 Å². The van der Waals surface area contributed by atoms with Crippen molar-refractivity contribution >= 4 is 27.3 Å². The molecule has 0 aromatic heterocycles. The standard InChI is InChI=1S/C23H24N2O5S/c1-15-5-8-17(9-6-15)23(26)24-19-14-18(10-12-21(19)29-3)31(27,28)25-20-13-16(2)7-11-22(20)30-4/h5-14,25H,1-4H3,(H,24,26). The van der Waals surface area contributed by atoms with Gasteiger partial charge in [-0.1, -0.05) is 23.8 Å². The van der Waals surface area contributed by atoms with Crippen LogP contribution in [0.3, 0.4) is 0 Å². The molecule has 1 amide bonds. The highest BCUT2D eigenvalue weighted by molar-refractivity contribution is 7.92. The first-order valence-electron chi connectivity index (χ1n) is 9.47. The summed E-state index contributed by atoms with van der Waals surface area (Å²) < 4.78 is 39.1. The fourth-order valence-corrected chi connectivity index (χ4v) is 4.04. The lowest BCUT2D eigenvalue weighted by Crippen LogP contribution is -2.16. The fourth-order valence-electron chi connectivity index (χ4n) is 2.96. The average molecular weight is 441 g/mol. The first-order valence-corrected chi connectivity index (χ1v) is 11.0. The predicted octanol–water partition coefficient (Wildman–Crippen LogP) is 4.37. The topological polar surface area (TPSA) is 93.7 Å². The second kappa shape index (κ2) is 9.09. The molecule has 0 aliphatic carbocycles. The number of rotatable bonds is 7. The Bertz CT molecular complexity index is 1210. The quantitative estimate of drug-likeness (QED) is 0.569. The lowest BCUT2D eigenvalue weighted by Gasteiger charge is -2.15. The van der Waals surface area contributed by atoms with Crippen molar-refractivity contribution in [2.24, 2.45) is 0 Å². The van der Waals surface area contributed by atoms with Crippen LogP contribution in [0.2, 0.25) is 0 Å². The van der Waals surface area contributed by atoms with Crippen LogP contribution < -0.4 is 19.5 Å². The maximum absolute atomic E-state index is 13.0. The van der Waals surface area contributed by atoms with E-state index in [0.717, 1.165) is 11.1 Å². The third-order valence-electron chi connectivity index (χ3n) is 4.64. The first kappa shape index (κ1) is 22.2. The average Bonchev–Trinajstić information content (AvgIpc) is 2.74. The molecule has 31 heavy (non-hydrogen) atoms. The van der Waals surface area contributed by atoms with E-state index in [9.17, 15) is 13.2 Å². The molecule has 8 heteroatoms. The van der Waals surface area contributed by atoms with Gasteiger partial charge in [-0.3, -0.25) is 9.52 Å². The molecule has 3 rings (SSSR count). The first-order chi connectivity index (χ1) is 14.7. The molecule has 0 aliphatic rings. The Morgan fingerprint density at radius 3 is 2.00 bits per heavy atom. The number of aryl methyl sites for hydroxylation is 2. The van der Waals surface area contributed by atoms with Gasteiger partial charge in [0.15, 0.2) is 0 Å².